The Morgan fingerprint density at radius 3 is 1.99 bits per heavy atom. The van der Waals surface area contributed by atoms with Crippen LogP contribution >= 0.6 is 0 Å². The lowest BCUT2D eigenvalue weighted by molar-refractivity contribution is -0.112. The molecule has 5 aromatic rings. The highest BCUT2D eigenvalue weighted by molar-refractivity contribution is 6.00. The zero-order chi connectivity index (χ0) is 47.0. The number of hydrogen-bond donors (Lipinski definition) is 2. The third-order valence-corrected chi connectivity index (χ3v) is 14.9. The molecule has 5 aliphatic heterocycles. The molecule has 360 valence electrons. The Kier molecular flexibility index (Phi) is 15.4. The van der Waals surface area contributed by atoms with E-state index in [1.54, 1.807) is 11.2 Å². The molecule has 15 heteroatoms. The average molecular weight is 924 g/mol. The van der Waals surface area contributed by atoms with E-state index in [4.69, 9.17) is 20.6 Å². The number of aldehydes is 2. The predicted octanol–water partition coefficient (Wildman–Crippen LogP) is 6.40. The molecule has 1 atom stereocenters. The maximum Gasteiger partial charge on any atom is 0.255 e. The second-order valence-electron chi connectivity index (χ2n) is 19.7. The van der Waals surface area contributed by atoms with Crippen LogP contribution in [0.5, 0.6) is 11.5 Å². The van der Waals surface area contributed by atoms with Gasteiger partial charge in [0.2, 0.25) is 0 Å². The molecule has 4 fully saturated rings. The van der Waals surface area contributed by atoms with Gasteiger partial charge in [0.25, 0.3) is 5.91 Å². The van der Waals surface area contributed by atoms with Gasteiger partial charge in [-0.15, -0.1) is 0 Å². The van der Waals surface area contributed by atoms with Gasteiger partial charge in [-0.05, 0) is 157 Å². The maximum atomic E-state index is 13.0. The van der Waals surface area contributed by atoms with Crippen molar-refractivity contribution in [1.82, 2.24) is 44.7 Å². The summed E-state index contributed by atoms with van der Waals surface area (Å²) in [6.07, 6.45) is 11.0. The van der Waals surface area contributed by atoms with Crippen molar-refractivity contribution in [3.8, 4) is 22.8 Å². The number of para-hydroxylation sites is 1. The minimum absolute atomic E-state index is 0.110. The van der Waals surface area contributed by atoms with Gasteiger partial charge in [-0.25, -0.2) is 14.6 Å². The molecule has 0 spiro atoms. The third-order valence-electron chi connectivity index (χ3n) is 14.9. The van der Waals surface area contributed by atoms with E-state index >= 15 is 0 Å². The Morgan fingerprint density at radius 2 is 1.37 bits per heavy atom. The van der Waals surface area contributed by atoms with Gasteiger partial charge < -0.3 is 49.9 Å². The third kappa shape index (κ3) is 10.9. The van der Waals surface area contributed by atoms with E-state index in [0.29, 0.717) is 30.3 Å². The smallest absolute Gasteiger partial charge is 0.255 e. The lowest BCUT2D eigenvalue weighted by atomic mass is 9.91. The Labute approximate surface area is 401 Å². The number of nitrogen functional groups attached to an aromatic ring is 1. The topological polar surface area (TPSA) is 158 Å². The first-order valence-corrected chi connectivity index (χ1v) is 25.0. The number of ether oxygens (including phenoxy) is 1. The molecule has 1 unspecified atom stereocenters. The van der Waals surface area contributed by atoms with Crippen molar-refractivity contribution in [2.24, 2.45) is 17.8 Å². The largest absolute Gasteiger partial charge is 0.457 e. The first kappa shape index (κ1) is 47.3. The number of hydrogen-bond acceptors (Lipinski definition) is 13. The number of piperidine rings is 3. The number of rotatable bonds is 16. The number of anilines is 2. The van der Waals surface area contributed by atoms with Crippen LogP contribution in [0.3, 0.4) is 0 Å². The van der Waals surface area contributed by atoms with E-state index < -0.39 is 6.04 Å². The molecule has 1 amide bonds. The summed E-state index contributed by atoms with van der Waals surface area (Å²) in [6.45, 7) is 13.0. The molecule has 0 saturated carbocycles. The minimum atomic E-state index is -0.552. The zero-order valence-corrected chi connectivity index (χ0v) is 39.9. The van der Waals surface area contributed by atoms with Crippen molar-refractivity contribution in [2.45, 2.75) is 70.0 Å². The van der Waals surface area contributed by atoms with Gasteiger partial charge in [0.15, 0.2) is 5.65 Å². The van der Waals surface area contributed by atoms with E-state index in [1.165, 1.54) is 65.0 Å². The van der Waals surface area contributed by atoms with E-state index in [2.05, 4.69) is 40.6 Å². The molecule has 0 radical (unpaired) electrons. The number of aromatic nitrogens is 4. The van der Waals surface area contributed by atoms with Gasteiger partial charge >= 0.3 is 0 Å². The summed E-state index contributed by atoms with van der Waals surface area (Å²) in [5.74, 6) is 4.12. The minimum Gasteiger partial charge on any atom is -0.457 e. The molecule has 3 N–H and O–H groups in total. The van der Waals surface area contributed by atoms with Crippen LogP contribution in [0.2, 0.25) is 0 Å². The summed E-state index contributed by atoms with van der Waals surface area (Å²) in [5, 5.41) is 8.72. The van der Waals surface area contributed by atoms with E-state index in [9.17, 15) is 14.4 Å². The van der Waals surface area contributed by atoms with Gasteiger partial charge in [0.1, 0.15) is 41.9 Å². The van der Waals surface area contributed by atoms with Gasteiger partial charge in [0.05, 0.1) is 17.5 Å². The van der Waals surface area contributed by atoms with Crippen LogP contribution in [-0.2, 0) is 16.1 Å². The number of carbonyl (C=O) groups is 3. The second-order valence-corrected chi connectivity index (χ2v) is 19.7. The predicted molar refractivity (Wildman–Crippen MR) is 267 cm³/mol. The lowest BCUT2D eigenvalue weighted by Crippen LogP contribution is -2.53. The van der Waals surface area contributed by atoms with Crippen LogP contribution < -0.4 is 20.7 Å². The van der Waals surface area contributed by atoms with Crippen molar-refractivity contribution in [1.29, 1.82) is 0 Å². The van der Waals surface area contributed by atoms with Crippen molar-refractivity contribution < 1.29 is 19.1 Å². The Balaban J connectivity index is 0.00000188. The van der Waals surface area contributed by atoms with Crippen LogP contribution in [0.4, 0.5) is 11.5 Å². The lowest BCUT2D eigenvalue weighted by Gasteiger charge is -2.45. The molecule has 3 aromatic carbocycles. The highest BCUT2D eigenvalue weighted by Crippen LogP contribution is 2.37. The SMILES string of the molecule is CNC.Nc1ncnc2c1c(-c1ccc(Oc3ccccc3)cc1)nn2C1CCN(CC2CCN(CC3CCN(CC4CN(c5ccc6c(c5)CN(C(C=O)CCC=O)C6=O)C4)CC3)CC2)CC1. The van der Waals surface area contributed by atoms with E-state index in [0.717, 1.165) is 115 Å². The molecule has 7 heterocycles. The molecule has 10 rings (SSSR count). The monoisotopic (exact) mass is 924 g/mol. The van der Waals surface area contributed by atoms with E-state index in [-0.39, 0.29) is 18.4 Å². The molecular formula is C53H69N11O4. The number of nitrogens with two attached hydrogens (primary N) is 1. The number of likely N-dealkylation sites (tertiary alicyclic amines) is 3. The number of fused-ring (bicyclic) bond motifs is 2. The highest BCUT2D eigenvalue weighted by Gasteiger charge is 2.36. The highest BCUT2D eigenvalue weighted by atomic mass is 16.5. The maximum absolute atomic E-state index is 13.0. The fraction of sp³-hybridized carbons (Fsp3) is 0.509. The molecule has 4 saturated heterocycles. The Bertz CT molecular complexity index is 2450. The van der Waals surface area contributed by atoms with E-state index in [1.807, 2.05) is 80.8 Å². The molecule has 5 aliphatic rings. The van der Waals surface area contributed by atoms with Crippen LogP contribution in [0.25, 0.3) is 22.3 Å². The summed E-state index contributed by atoms with van der Waals surface area (Å²) in [6, 6.07) is 23.6. The van der Waals surface area contributed by atoms with Gasteiger partial charge in [-0.2, -0.15) is 5.10 Å². The summed E-state index contributed by atoms with van der Waals surface area (Å²) in [5.41, 5.74) is 11.9. The molecular weight excluding hydrogens is 855 g/mol. The number of benzene rings is 3. The number of carbonyl (C=O) groups excluding carboxylic acids is 3. The molecule has 0 aliphatic carbocycles. The molecule has 15 nitrogen and oxygen atoms in total. The van der Waals surface area contributed by atoms with Crippen molar-refractivity contribution >= 4 is 41.0 Å². The Hall–Kier alpha value is -5.74. The van der Waals surface area contributed by atoms with Crippen molar-refractivity contribution in [2.75, 3.05) is 96.7 Å². The summed E-state index contributed by atoms with van der Waals surface area (Å²) in [4.78, 5) is 56.7. The normalized spacial score (nSPS) is 19.6. The summed E-state index contributed by atoms with van der Waals surface area (Å²) < 4.78 is 8.15. The first-order valence-electron chi connectivity index (χ1n) is 25.0. The number of amides is 1. The quantitative estimate of drug-likeness (QED) is 0.105. The fourth-order valence-electron chi connectivity index (χ4n) is 11.1. The van der Waals surface area contributed by atoms with Gasteiger partial charge in [-0.1, -0.05) is 18.2 Å². The zero-order valence-electron chi connectivity index (χ0n) is 39.9. The van der Waals surface area contributed by atoms with Crippen molar-refractivity contribution in [3.05, 3.63) is 90.3 Å². The molecule has 68 heavy (non-hydrogen) atoms. The Morgan fingerprint density at radius 1 is 0.765 bits per heavy atom. The van der Waals surface area contributed by atoms with Gasteiger partial charge in [0, 0.05) is 81.5 Å². The average Bonchev–Trinajstić information content (AvgIpc) is 3.91. The van der Waals surface area contributed by atoms with Crippen molar-refractivity contribution in [3.63, 3.8) is 0 Å². The standard InChI is InChI=1S/C51H62N10O4.C2H7N/c52-49-47-48(39-8-11-45(12-9-39)65-44-6-2-1-3-7-44)55-61(50(47)54-35-53-49)41-18-24-58(25-19-41)29-37-14-20-56(21-15-37)28-36-16-22-57(23-17-36)30-38-31-59(32-38)42-10-13-46-40(27-42)33-60(51(46)64)43(34-63)5-4-26-62;1-3-2/h1-3,6-13,26-27,34-38,41,43H,4-5,14-25,28-33H2,(H2,52,53,54);3H,1-2H3. The van der Waals surface area contributed by atoms with Crippen LogP contribution in [0, 0.1) is 17.8 Å². The van der Waals surface area contributed by atoms with Crippen LogP contribution in [0.1, 0.15) is 73.3 Å². The number of nitrogens with one attached hydrogen (secondary N) is 1. The second kappa shape index (κ2) is 22.1. The summed E-state index contributed by atoms with van der Waals surface area (Å²) >= 11 is 0. The molecule has 2 aromatic heterocycles. The fourth-order valence-corrected chi connectivity index (χ4v) is 11.1. The summed E-state index contributed by atoms with van der Waals surface area (Å²) in [7, 11) is 3.75. The molecule has 0 bridgehead atoms. The number of nitrogens with zero attached hydrogens (tertiary/aromatic N) is 9. The van der Waals surface area contributed by atoms with Gasteiger partial charge in [-0.3, -0.25) is 4.79 Å². The first-order chi connectivity index (χ1) is 33.3. The van der Waals surface area contributed by atoms with Crippen LogP contribution in [-0.4, -0.2) is 150 Å². The van der Waals surface area contributed by atoms with Crippen LogP contribution in [0.15, 0.2) is 79.1 Å².